The summed E-state index contributed by atoms with van der Waals surface area (Å²) in [7, 11) is 1.65. The van der Waals surface area contributed by atoms with Crippen molar-refractivity contribution < 1.29 is 19.1 Å². The fraction of sp³-hybridized carbons (Fsp3) is 0.429. The maximum absolute atomic E-state index is 12.7. The molecular formula is C21H25N3O4. The number of fused-ring (bicyclic) bond motifs is 1. The number of carbonyl (C=O) groups is 2. The summed E-state index contributed by atoms with van der Waals surface area (Å²) >= 11 is 0. The van der Waals surface area contributed by atoms with Crippen LogP contribution in [0.25, 0.3) is 0 Å². The molecule has 1 aromatic carbocycles. The number of benzene rings is 1. The molecule has 2 heterocycles. The summed E-state index contributed by atoms with van der Waals surface area (Å²) in [6, 6.07) is 7.94. The van der Waals surface area contributed by atoms with Crippen LogP contribution in [0, 0.1) is 5.92 Å². The average molecular weight is 383 g/mol. The van der Waals surface area contributed by atoms with E-state index in [0.29, 0.717) is 19.0 Å². The molecule has 3 aliphatic rings. The third-order valence-electron chi connectivity index (χ3n) is 5.43. The Balaban J connectivity index is 1.55. The number of methoxy groups -OCH3 is 1. The van der Waals surface area contributed by atoms with Crippen molar-refractivity contribution in [2.24, 2.45) is 5.92 Å². The molecule has 0 aromatic heterocycles. The van der Waals surface area contributed by atoms with Gasteiger partial charge in [-0.3, -0.25) is 4.79 Å². The van der Waals surface area contributed by atoms with Gasteiger partial charge in [0.2, 0.25) is 0 Å². The van der Waals surface area contributed by atoms with Crippen molar-refractivity contribution >= 4 is 11.9 Å². The summed E-state index contributed by atoms with van der Waals surface area (Å²) in [6.45, 7) is 2.79. The number of hydrazine groups is 1. The molecule has 1 aliphatic carbocycles. The molecule has 4 rings (SSSR count). The zero-order valence-corrected chi connectivity index (χ0v) is 16.2. The summed E-state index contributed by atoms with van der Waals surface area (Å²) < 4.78 is 10.5. The van der Waals surface area contributed by atoms with Crippen molar-refractivity contribution in [3.05, 3.63) is 54.0 Å². The van der Waals surface area contributed by atoms with Gasteiger partial charge in [0.25, 0.3) is 5.91 Å². The zero-order valence-electron chi connectivity index (χ0n) is 16.2. The van der Waals surface area contributed by atoms with Crippen LogP contribution in [-0.2, 0) is 20.7 Å². The first kappa shape index (κ1) is 18.6. The quantitative estimate of drug-likeness (QED) is 0.726. The Morgan fingerprint density at radius 3 is 2.68 bits per heavy atom. The van der Waals surface area contributed by atoms with Gasteiger partial charge in [-0.05, 0) is 55.9 Å². The molecule has 1 unspecified atom stereocenters. The fourth-order valence-electron chi connectivity index (χ4n) is 3.73. The van der Waals surface area contributed by atoms with Crippen LogP contribution < -0.4 is 10.2 Å². The molecule has 1 amide bonds. The minimum Gasteiger partial charge on any atom is -0.497 e. The number of amides is 1. The number of carbonyl (C=O) groups excluding carboxylic acids is 2. The molecule has 28 heavy (non-hydrogen) atoms. The van der Waals surface area contributed by atoms with Crippen LogP contribution >= 0.6 is 0 Å². The van der Waals surface area contributed by atoms with E-state index in [1.165, 1.54) is 16.6 Å². The van der Waals surface area contributed by atoms with E-state index in [0.717, 1.165) is 25.0 Å². The van der Waals surface area contributed by atoms with Gasteiger partial charge in [-0.1, -0.05) is 12.1 Å². The lowest BCUT2D eigenvalue weighted by Crippen LogP contribution is -2.57. The standard InChI is InChI=1S/C21H25N3O4/c1-3-28-20(26)21(16-6-7-16)14-18-23(13-11-19(25)24(18)22-21)12-10-15-4-8-17(27-2)9-5-15/h4-5,8-9,11,13-14,16,22H,3,6-7,10,12H2,1-2H3. The van der Waals surface area contributed by atoms with Gasteiger partial charge in [-0.25, -0.2) is 15.2 Å². The lowest BCUT2D eigenvalue weighted by Gasteiger charge is -2.33. The highest BCUT2D eigenvalue weighted by atomic mass is 16.5. The van der Waals surface area contributed by atoms with Gasteiger partial charge in [0.15, 0.2) is 5.54 Å². The predicted octanol–water partition coefficient (Wildman–Crippen LogP) is 1.97. The van der Waals surface area contributed by atoms with Crippen LogP contribution in [0.2, 0.25) is 0 Å². The van der Waals surface area contributed by atoms with Crippen molar-refractivity contribution in [2.75, 3.05) is 20.3 Å². The largest absolute Gasteiger partial charge is 0.497 e. The first-order chi connectivity index (χ1) is 13.6. The maximum Gasteiger partial charge on any atom is 0.332 e. The van der Waals surface area contributed by atoms with Crippen LogP contribution in [0.5, 0.6) is 5.75 Å². The summed E-state index contributed by atoms with van der Waals surface area (Å²) in [5, 5.41) is 1.48. The van der Waals surface area contributed by atoms with Gasteiger partial charge in [0, 0.05) is 18.8 Å². The van der Waals surface area contributed by atoms with E-state index in [2.05, 4.69) is 5.43 Å². The third kappa shape index (κ3) is 3.26. The first-order valence-electron chi connectivity index (χ1n) is 9.67. The van der Waals surface area contributed by atoms with Crippen LogP contribution in [0.3, 0.4) is 0 Å². The van der Waals surface area contributed by atoms with Crippen molar-refractivity contribution in [3.8, 4) is 5.75 Å². The summed E-state index contributed by atoms with van der Waals surface area (Å²) in [4.78, 5) is 27.1. The predicted molar refractivity (Wildman–Crippen MR) is 103 cm³/mol. The lowest BCUT2D eigenvalue weighted by molar-refractivity contribution is -0.152. The molecule has 1 N–H and O–H groups in total. The van der Waals surface area contributed by atoms with Gasteiger partial charge in [0.05, 0.1) is 13.7 Å². The van der Waals surface area contributed by atoms with E-state index in [9.17, 15) is 9.59 Å². The fourth-order valence-corrected chi connectivity index (χ4v) is 3.73. The van der Waals surface area contributed by atoms with Gasteiger partial charge in [-0.15, -0.1) is 0 Å². The van der Waals surface area contributed by atoms with Crippen molar-refractivity contribution in [1.82, 2.24) is 15.3 Å². The molecule has 7 heteroatoms. The first-order valence-corrected chi connectivity index (χ1v) is 9.67. The van der Waals surface area contributed by atoms with Gasteiger partial charge in [-0.2, -0.15) is 0 Å². The third-order valence-corrected chi connectivity index (χ3v) is 5.43. The van der Waals surface area contributed by atoms with E-state index in [4.69, 9.17) is 9.47 Å². The molecule has 148 valence electrons. The Kier molecular flexibility index (Phi) is 4.85. The lowest BCUT2D eigenvalue weighted by atomic mass is 9.94. The molecule has 0 radical (unpaired) electrons. The average Bonchev–Trinajstić information content (AvgIpc) is 3.48. The van der Waals surface area contributed by atoms with Crippen LogP contribution in [0.4, 0.5) is 0 Å². The molecule has 1 fully saturated rings. The van der Waals surface area contributed by atoms with Crippen LogP contribution in [0.1, 0.15) is 25.3 Å². The molecular weight excluding hydrogens is 358 g/mol. The molecule has 0 spiro atoms. The Morgan fingerprint density at radius 2 is 2.04 bits per heavy atom. The van der Waals surface area contributed by atoms with E-state index in [-0.39, 0.29) is 17.8 Å². The van der Waals surface area contributed by atoms with Crippen molar-refractivity contribution in [1.29, 1.82) is 0 Å². The summed E-state index contributed by atoms with van der Waals surface area (Å²) in [5.41, 5.74) is 3.37. The number of hydrogen-bond acceptors (Lipinski definition) is 6. The maximum atomic E-state index is 12.7. The number of hydrogen-bond donors (Lipinski definition) is 1. The highest BCUT2D eigenvalue weighted by molar-refractivity contribution is 5.93. The normalized spacial score (nSPS) is 23.5. The summed E-state index contributed by atoms with van der Waals surface area (Å²) in [6.07, 6.45) is 7.85. The highest BCUT2D eigenvalue weighted by Gasteiger charge is 2.57. The second-order valence-electron chi connectivity index (χ2n) is 7.26. The monoisotopic (exact) mass is 383 g/mol. The Hall–Kier alpha value is -2.80. The summed E-state index contributed by atoms with van der Waals surface area (Å²) in [5.74, 6) is 1.17. The minimum absolute atomic E-state index is 0.154. The molecule has 0 bridgehead atoms. The number of nitrogens with zero attached hydrogens (tertiary/aromatic N) is 2. The van der Waals surface area contributed by atoms with E-state index in [1.807, 2.05) is 35.2 Å². The molecule has 1 atom stereocenters. The number of nitrogens with one attached hydrogen (secondary N) is 1. The van der Waals surface area contributed by atoms with Crippen LogP contribution in [0.15, 0.2) is 48.4 Å². The Bertz CT molecular complexity index is 829. The van der Waals surface area contributed by atoms with Gasteiger partial charge < -0.3 is 14.4 Å². The smallest absolute Gasteiger partial charge is 0.332 e. The highest BCUT2D eigenvalue weighted by Crippen LogP contribution is 2.45. The number of rotatable bonds is 7. The van der Waals surface area contributed by atoms with Gasteiger partial charge >= 0.3 is 5.97 Å². The minimum atomic E-state index is -0.953. The van der Waals surface area contributed by atoms with Crippen molar-refractivity contribution in [2.45, 2.75) is 31.7 Å². The number of ether oxygens (including phenoxy) is 2. The molecule has 2 aliphatic heterocycles. The SMILES string of the molecule is CCOC(=O)C1(C2CC2)C=C2N(CCc3ccc(OC)cc3)C=CC(=O)N2N1. The molecule has 1 saturated carbocycles. The second-order valence-corrected chi connectivity index (χ2v) is 7.26. The Morgan fingerprint density at radius 1 is 1.29 bits per heavy atom. The van der Waals surface area contributed by atoms with E-state index >= 15 is 0 Å². The van der Waals surface area contributed by atoms with Crippen molar-refractivity contribution in [3.63, 3.8) is 0 Å². The molecule has 1 aromatic rings. The zero-order chi connectivity index (χ0) is 19.7. The van der Waals surface area contributed by atoms with Gasteiger partial charge in [0.1, 0.15) is 11.6 Å². The second kappa shape index (κ2) is 7.31. The van der Waals surface area contributed by atoms with Crippen LogP contribution in [-0.4, -0.2) is 47.6 Å². The molecule has 7 nitrogen and oxygen atoms in total. The topological polar surface area (TPSA) is 71.1 Å². The Labute approximate surface area is 164 Å². The molecule has 0 saturated heterocycles. The van der Waals surface area contributed by atoms with E-state index < -0.39 is 5.54 Å². The van der Waals surface area contributed by atoms with E-state index in [1.54, 1.807) is 20.2 Å². The number of esters is 1.